The van der Waals surface area contributed by atoms with Crippen molar-refractivity contribution in [3.8, 4) is 11.5 Å². The van der Waals surface area contributed by atoms with E-state index in [0.29, 0.717) is 23.7 Å². The topological polar surface area (TPSA) is 62.8 Å². The lowest BCUT2D eigenvalue weighted by molar-refractivity contribution is 0.252. The van der Waals surface area contributed by atoms with Gasteiger partial charge in [-0.3, -0.25) is 0 Å². The average molecular weight is 357 g/mol. The van der Waals surface area contributed by atoms with Gasteiger partial charge >= 0.3 is 6.03 Å². The number of benzene rings is 2. The summed E-state index contributed by atoms with van der Waals surface area (Å²) >= 11 is 0. The van der Waals surface area contributed by atoms with Crippen molar-refractivity contribution in [2.24, 2.45) is 0 Å². The molecule has 0 saturated carbocycles. The van der Waals surface area contributed by atoms with E-state index in [1.54, 1.807) is 32.4 Å². The number of nitrogens with zero attached hydrogens (tertiary/aromatic N) is 1. The number of amides is 2. The average Bonchev–Trinajstić information content (AvgIpc) is 2.65. The van der Waals surface area contributed by atoms with Gasteiger partial charge in [0, 0.05) is 50.2 Å². The van der Waals surface area contributed by atoms with Crippen molar-refractivity contribution in [3.63, 3.8) is 0 Å². The molecule has 0 bridgehead atoms. The Labute approximate surface area is 155 Å². The van der Waals surface area contributed by atoms with Gasteiger partial charge in [0.25, 0.3) is 0 Å². The van der Waals surface area contributed by atoms with Gasteiger partial charge in [0.1, 0.15) is 11.5 Å². The zero-order valence-corrected chi connectivity index (χ0v) is 15.8. The first-order valence-electron chi connectivity index (χ1n) is 8.56. The number of rotatable bonds is 8. The van der Waals surface area contributed by atoms with Crippen molar-refractivity contribution in [1.82, 2.24) is 5.32 Å². The first-order chi connectivity index (χ1) is 12.5. The van der Waals surface area contributed by atoms with E-state index in [0.717, 1.165) is 12.8 Å². The number of nitrogens with one attached hydrogen (secondary N) is 2. The molecule has 0 saturated heterocycles. The summed E-state index contributed by atoms with van der Waals surface area (Å²) in [5.41, 5.74) is 3.06. The highest BCUT2D eigenvalue weighted by molar-refractivity contribution is 5.89. The molecule has 0 aliphatic carbocycles. The quantitative estimate of drug-likeness (QED) is 0.710. The van der Waals surface area contributed by atoms with Crippen molar-refractivity contribution in [2.75, 3.05) is 45.1 Å². The Morgan fingerprint density at radius 3 is 2.15 bits per heavy atom. The molecule has 2 amide bonds. The monoisotopic (exact) mass is 357 g/mol. The Kier molecular flexibility index (Phi) is 7.14. The number of urea groups is 1. The molecule has 2 N–H and O–H groups in total. The van der Waals surface area contributed by atoms with Crippen molar-refractivity contribution in [2.45, 2.75) is 12.8 Å². The van der Waals surface area contributed by atoms with Crippen LogP contribution in [-0.2, 0) is 6.42 Å². The normalized spacial score (nSPS) is 10.2. The third kappa shape index (κ3) is 5.88. The minimum absolute atomic E-state index is 0.247. The van der Waals surface area contributed by atoms with Gasteiger partial charge in [-0.1, -0.05) is 12.1 Å². The number of hydrogen-bond acceptors (Lipinski definition) is 4. The van der Waals surface area contributed by atoms with Gasteiger partial charge in [-0.15, -0.1) is 0 Å². The molecule has 6 nitrogen and oxygen atoms in total. The largest absolute Gasteiger partial charge is 0.497 e. The summed E-state index contributed by atoms with van der Waals surface area (Å²) in [6.07, 6.45) is 1.79. The lowest BCUT2D eigenvalue weighted by atomic mass is 10.1. The zero-order valence-electron chi connectivity index (χ0n) is 15.8. The fraction of sp³-hybridized carbons (Fsp3) is 0.350. The van der Waals surface area contributed by atoms with E-state index in [4.69, 9.17) is 9.47 Å². The molecule has 0 aliphatic rings. The van der Waals surface area contributed by atoms with Crippen molar-refractivity contribution >= 4 is 17.4 Å². The maximum absolute atomic E-state index is 12.0. The smallest absolute Gasteiger partial charge is 0.319 e. The number of aryl methyl sites for hydroxylation is 1. The van der Waals surface area contributed by atoms with E-state index in [1.807, 2.05) is 14.1 Å². The molecular formula is C20H27N3O3. The molecule has 2 rings (SSSR count). The van der Waals surface area contributed by atoms with Crippen LogP contribution >= 0.6 is 0 Å². The molecule has 26 heavy (non-hydrogen) atoms. The maximum Gasteiger partial charge on any atom is 0.319 e. The van der Waals surface area contributed by atoms with E-state index in [-0.39, 0.29) is 6.03 Å². The second-order valence-corrected chi connectivity index (χ2v) is 6.15. The van der Waals surface area contributed by atoms with Crippen LogP contribution in [0.4, 0.5) is 16.2 Å². The van der Waals surface area contributed by atoms with Gasteiger partial charge < -0.3 is 25.0 Å². The molecule has 0 radical (unpaired) electrons. The minimum Gasteiger partial charge on any atom is -0.497 e. The van der Waals surface area contributed by atoms with Gasteiger partial charge in [-0.25, -0.2) is 4.79 Å². The predicted molar refractivity (Wildman–Crippen MR) is 106 cm³/mol. The molecule has 0 spiro atoms. The lowest BCUT2D eigenvalue weighted by Gasteiger charge is -2.13. The first kappa shape index (κ1) is 19.4. The van der Waals surface area contributed by atoms with Gasteiger partial charge in [-0.2, -0.15) is 0 Å². The molecule has 140 valence electrons. The third-order valence-electron chi connectivity index (χ3n) is 3.99. The minimum atomic E-state index is -0.247. The Hall–Kier alpha value is -2.89. The lowest BCUT2D eigenvalue weighted by Crippen LogP contribution is -2.29. The second-order valence-electron chi connectivity index (χ2n) is 6.15. The fourth-order valence-electron chi connectivity index (χ4n) is 2.51. The molecule has 0 aliphatic heterocycles. The zero-order chi connectivity index (χ0) is 18.9. The van der Waals surface area contributed by atoms with Crippen LogP contribution < -0.4 is 25.0 Å². The summed E-state index contributed by atoms with van der Waals surface area (Å²) in [5, 5.41) is 5.66. The molecule has 0 atom stereocenters. The van der Waals surface area contributed by atoms with E-state index >= 15 is 0 Å². The second kappa shape index (κ2) is 9.56. The molecule has 2 aromatic rings. The number of carbonyl (C=O) groups excluding carboxylic acids is 1. The van der Waals surface area contributed by atoms with Crippen LogP contribution in [0.25, 0.3) is 0 Å². The molecule has 0 heterocycles. The van der Waals surface area contributed by atoms with E-state index < -0.39 is 0 Å². The van der Waals surface area contributed by atoms with Crippen molar-refractivity contribution in [1.29, 1.82) is 0 Å². The van der Waals surface area contributed by atoms with Crippen LogP contribution in [0.1, 0.15) is 12.0 Å². The Bertz CT molecular complexity index is 692. The van der Waals surface area contributed by atoms with E-state index in [1.165, 1.54) is 11.3 Å². The van der Waals surface area contributed by atoms with Crippen molar-refractivity contribution in [3.05, 3.63) is 48.0 Å². The van der Waals surface area contributed by atoms with Crippen LogP contribution in [0.2, 0.25) is 0 Å². The number of ether oxygens (including phenoxy) is 2. The highest BCUT2D eigenvalue weighted by atomic mass is 16.5. The Balaban J connectivity index is 1.77. The van der Waals surface area contributed by atoms with Gasteiger partial charge in [0.2, 0.25) is 0 Å². The molecule has 0 unspecified atom stereocenters. The number of carbonyl (C=O) groups is 1. The maximum atomic E-state index is 12.0. The number of hydrogen-bond donors (Lipinski definition) is 2. The van der Waals surface area contributed by atoms with Crippen LogP contribution in [0.15, 0.2) is 42.5 Å². The highest BCUT2D eigenvalue weighted by Gasteiger charge is 2.06. The van der Waals surface area contributed by atoms with Gasteiger partial charge in [-0.05, 0) is 30.5 Å². The summed E-state index contributed by atoms with van der Waals surface area (Å²) < 4.78 is 10.4. The fourth-order valence-corrected chi connectivity index (χ4v) is 2.51. The third-order valence-corrected chi connectivity index (χ3v) is 3.99. The van der Waals surface area contributed by atoms with Crippen molar-refractivity contribution < 1.29 is 14.3 Å². The van der Waals surface area contributed by atoms with E-state index in [2.05, 4.69) is 39.8 Å². The molecular weight excluding hydrogens is 330 g/mol. The van der Waals surface area contributed by atoms with E-state index in [9.17, 15) is 4.79 Å². The molecule has 0 fully saturated rings. The Morgan fingerprint density at radius 1 is 1.00 bits per heavy atom. The van der Waals surface area contributed by atoms with Crippen LogP contribution in [0, 0.1) is 0 Å². The highest BCUT2D eigenvalue weighted by Crippen LogP contribution is 2.25. The van der Waals surface area contributed by atoms with Crippen LogP contribution in [0.5, 0.6) is 11.5 Å². The molecule has 6 heteroatoms. The number of methoxy groups -OCH3 is 2. The summed E-state index contributed by atoms with van der Waals surface area (Å²) in [5.74, 6) is 1.25. The summed E-state index contributed by atoms with van der Waals surface area (Å²) in [6.45, 7) is 0.600. The summed E-state index contributed by atoms with van der Waals surface area (Å²) in [6, 6.07) is 13.4. The molecule has 0 aromatic heterocycles. The van der Waals surface area contributed by atoms with Crippen LogP contribution in [-0.4, -0.2) is 40.9 Å². The standard InChI is InChI=1S/C20H27N3O3/c1-23(2)17-9-7-15(8-10-17)6-5-11-21-20(24)22-16-12-18(25-3)14-19(13-16)26-4/h7-10,12-14H,5-6,11H2,1-4H3,(H2,21,22,24). The SMILES string of the molecule is COc1cc(NC(=O)NCCCc2ccc(N(C)C)cc2)cc(OC)c1. The van der Waals surface area contributed by atoms with Crippen LogP contribution in [0.3, 0.4) is 0 Å². The molecule has 2 aromatic carbocycles. The Morgan fingerprint density at radius 2 is 1.62 bits per heavy atom. The van der Waals surface area contributed by atoms with Gasteiger partial charge in [0.15, 0.2) is 0 Å². The summed E-state index contributed by atoms with van der Waals surface area (Å²) in [7, 11) is 7.19. The van der Waals surface area contributed by atoms with Gasteiger partial charge in [0.05, 0.1) is 14.2 Å². The first-order valence-corrected chi connectivity index (χ1v) is 8.56. The predicted octanol–water partition coefficient (Wildman–Crippen LogP) is 3.52. The number of anilines is 2. The summed E-state index contributed by atoms with van der Waals surface area (Å²) in [4.78, 5) is 14.1.